The zero-order valence-electron chi connectivity index (χ0n) is 12.4. The third-order valence-corrected chi connectivity index (χ3v) is 4.10. The quantitative estimate of drug-likeness (QED) is 0.632. The molecule has 112 valence electrons. The summed E-state index contributed by atoms with van der Waals surface area (Å²) in [5.74, 6) is 0.497. The number of aromatic nitrogens is 2. The average Bonchev–Trinajstić information content (AvgIpc) is 2.44. The molecule has 3 N–H and O–H groups in total. The van der Waals surface area contributed by atoms with Crippen LogP contribution in [-0.2, 0) is 6.42 Å². The van der Waals surface area contributed by atoms with E-state index in [1.54, 1.807) is 0 Å². The lowest BCUT2D eigenvalue weighted by Gasteiger charge is -2.18. The Morgan fingerprint density at radius 1 is 1.14 bits per heavy atom. The zero-order chi connectivity index (χ0) is 15.2. The molecule has 0 aliphatic rings. The molecule has 0 bridgehead atoms. The van der Waals surface area contributed by atoms with Crippen LogP contribution in [0, 0.1) is 13.8 Å². The van der Waals surface area contributed by atoms with Crippen LogP contribution in [0.25, 0.3) is 0 Å². The number of nitrogens with zero attached hydrogens (tertiary/aromatic N) is 2. The van der Waals surface area contributed by atoms with Crippen LogP contribution >= 0.6 is 11.8 Å². The second kappa shape index (κ2) is 7.54. The summed E-state index contributed by atoms with van der Waals surface area (Å²) in [6, 6.07) is 11.6. The summed E-state index contributed by atoms with van der Waals surface area (Å²) in [7, 11) is 0. The summed E-state index contributed by atoms with van der Waals surface area (Å²) in [6.45, 7) is 3.88. The topological polar surface area (TPSA) is 72.0 Å². The van der Waals surface area contributed by atoms with E-state index in [9.17, 15) is 5.11 Å². The van der Waals surface area contributed by atoms with E-state index in [0.717, 1.165) is 17.0 Å². The maximum Gasteiger partial charge on any atom is 0.188 e. The number of nitrogens with two attached hydrogens (primary N) is 1. The summed E-state index contributed by atoms with van der Waals surface area (Å²) in [5, 5.41) is 10.9. The van der Waals surface area contributed by atoms with Gasteiger partial charge in [0.05, 0.1) is 6.10 Å². The average molecular weight is 303 g/mol. The molecule has 0 saturated carbocycles. The second-order valence-electron chi connectivity index (χ2n) is 5.17. The van der Waals surface area contributed by atoms with Gasteiger partial charge in [-0.15, -0.1) is 0 Å². The van der Waals surface area contributed by atoms with Gasteiger partial charge in [0.25, 0.3) is 0 Å². The Morgan fingerprint density at radius 3 is 2.38 bits per heavy atom. The third-order valence-electron chi connectivity index (χ3n) is 3.15. The van der Waals surface area contributed by atoms with Crippen LogP contribution in [-0.4, -0.2) is 33.0 Å². The van der Waals surface area contributed by atoms with Gasteiger partial charge < -0.3 is 10.8 Å². The minimum atomic E-state index is -0.584. The first kappa shape index (κ1) is 15.9. The van der Waals surface area contributed by atoms with Gasteiger partial charge in [0.2, 0.25) is 0 Å². The number of hydrogen-bond donors (Lipinski definition) is 2. The highest BCUT2D eigenvalue weighted by Gasteiger charge is 2.16. The fraction of sp³-hybridized carbons (Fsp3) is 0.375. The molecule has 1 aromatic heterocycles. The number of aliphatic hydroxyl groups is 1. The highest BCUT2D eigenvalue weighted by molar-refractivity contribution is 7.99. The molecule has 0 saturated heterocycles. The first-order valence-electron chi connectivity index (χ1n) is 6.97. The lowest BCUT2D eigenvalue weighted by Crippen LogP contribution is -2.38. The normalized spacial score (nSPS) is 13.9. The van der Waals surface area contributed by atoms with Gasteiger partial charge in [0, 0.05) is 23.2 Å². The molecule has 0 radical (unpaired) electrons. The Kier molecular flexibility index (Phi) is 5.73. The van der Waals surface area contributed by atoms with Gasteiger partial charge in [-0.1, -0.05) is 42.1 Å². The van der Waals surface area contributed by atoms with Crippen LogP contribution in [0.4, 0.5) is 0 Å². The maximum atomic E-state index is 10.2. The van der Waals surface area contributed by atoms with Crippen molar-refractivity contribution in [3.05, 3.63) is 53.3 Å². The molecule has 1 aromatic carbocycles. The van der Waals surface area contributed by atoms with Gasteiger partial charge in [-0.05, 0) is 31.9 Å². The summed E-state index contributed by atoms with van der Waals surface area (Å²) < 4.78 is 0. The first-order chi connectivity index (χ1) is 10.0. The number of benzene rings is 1. The zero-order valence-corrected chi connectivity index (χ0v) is 13.2. The van der Waals surface area contributed by atoms with Crippen molar-refractivity contribution in [1.82, 2.24) is 9.97 Å². The van der Waals surface area contributed by atoms with E-state index in [2.05, 4.69) is 9.97 Å². The van der Waals surface area contributed by atoms with Crippen molar-refractivity contribution in [2.24, 2.45) is 5.73 Å². The molecule has 2 atom stereocenters. The van der Waals surface area contributed by atoms with Crippen molar-refractivity contribution in [2.45, 2.75) is 37.6 Å². The lowest BCUT2D eigenvalue weighted by molar-refractivity contribution is 0.167. The highest BCUT2D eigenvalue weighted by atomic mass is 32.2. The third kappa shape index (κ3) is 5.12. The van der Waals surface area contributed by atoms with Crippen molar-refractivity contribution in [1.29, 1.82) is 0 Å². The molecule has 2 rings (SSSR count). The molecular weight excluding hydrogens is 282 g/mol. The minimum Gasteiger partial charge on any atom is -0.391 e. The molecule has 5 heteroatoms. The molecular formula is C16H21N3OS. The fourth-order valence-electron chi connectivity index (χ4n) is 2.06. The second-order valence-corrected chi connectivity index (χ2v) is 6.15. The van der Waals surface area contributed by atoms with Crippen molar-refractivity contribution in [3.8, 4) is 0 Å². The van der Waals surface area contributed by atoms with E-state index < -0.39 is 6.10 Å². The summed E-state index contributed by atoms with van der Waals surface area (Å²) in [5.41, 5.74) is 9.08. The fourth-order valence-corrected chi connectivity index (χ4v) is 3.05. The molecule has 2 unspecified atom stereocenters. The monoisotopic (exact) mass is 303 g/mol. The molecule has 21 heavy (non-hydrogen) atoms. The van der Waals surface area contributed by atoms with Crippen LogP contribution in [0.1, 0.15) is 17.0 Å². The Balaban J connectivity index is 1.87. The molecule has 0 aliphatic carbocycles. The van der Waals surface area contributed by atoms with E-state index in [1.807, 2.05) is 50.2 Å². The van der Waals surface area contributed by atoms with Crippen LogP contribution in [0.15, 0.2) is 41.6 Å². The summed E-state index contributed by atoms with van der Waals surface area (Å²) in [6.07, 6.45) is 0.0793. The molecule has 0 amide bonds. The number of rotatable bonds is 6. The summed E-state index contributed by atoms with van der Waals surface area (Å²) >= 11 is 1.44. The maximum absolute atomic E-state index is 10.2. The number of aliphatic hydroxyl groups excluding tert-OH is 1. The Labute approximate surface area is 129 Å². The van der Waals surface area contributed by atoms with Crippen LogP contribution < -0.4 is 5.73 Å². The number of hydrogen-bond acceptors (Lipinski definition) is 5. The van der Waals surface area contributed by atoms with E-state index in [-0.39, 0.29) is 6.04 Å². The van der Waals surface area contributed by atoms with Crippen molar-refractivity contribution in [2.75, 3.05) is 5.75 Å². The molecule has 4 nitrogen and oxygen atoms in total. The first-order valence-corrected chi connectivity index (χ1v) is 7.96. The van der Waals surface area contributed by atoms with Gasteiger partial charge >= 0.3 is 0 Å². The van der Waals surface area contributed by atoms with Crippen LogP contribution in [0.2, 0.25) is 0 Å². The van der Waals surface area contributed by atoms with E-state index >= 15 is 0 Å². The van der Waals surface area contributed by atoms with Crippen molar-refractivity contribution >= 4 is 11.8 Å². The van der Waals surface area contributed by atoms with Gasteiger partial charge in [-0.2, -0.15) is 0 Å². The van der Waals surface area contributed by atoms with E-state index in [4.69, 9.17) is 5.73 Å². The molecule has 2 aromatic rings. The Bertz CT molecular complexity index is 557. The van der Waals surface area contributed by atoms with Gasteiger partial charge in [-0.3, -0.25) is 0 Å². The largest absolute Gasteiger partial charge is 0.391 e. The minimum absolute atomic E-state index is 0.286. The van der Waals surface area contributed by atoms with Crippen LogP contribution in [0.5, 0.6) is 0 Å². The predicted molar refractivity (Wildman–Crippen MR) is 86.4 cm³/mol. The number of thioether (sulfide) groups is 1. The SMILES string of the molecule is Cc1cc(C)nc(SCC(O)C(N)Cc2ccccc2)n1. The van der Waals surface area contributed by atoms with Gasteiger partial charge in [-0.25, -0.2) is 9.97 Å². The van der Waals surface area contributed by atoms with Gasteiger partial charge in [0.1, 0.15) is 0 Å². The van der Waals surface area contributed by atoms with Crippen molar-refractivity contribution in [3.63, 3.8) is 0 Å². The van der Waals surface area contributed by atoms with Crippen molar-refractivity contribution < 1.29 is 5.11 Å². The van der Waals surface area contributed by atoms with E-state index in [0.29, 0.717) is 17.3 Å². The van der Waals surface area contributed by atoms with Gasteiger partial charge in [0.15, 0.2) is 5.16 Å². The number of aryl methyl sites for hydroxylation is 2. The smallest absolute Gasteiger partial charge is 0.188 e. The Hall–Kier alpha value is -1.43. The van der Waals surface area contributed by atoms with E-state index in [1.165, 1.54) is 11.8 Å². The lowest BCUT2D eigenvalue weighted by atomic mass is 10.0. The molecule has 1 heterocycles. The molecule has 0 spiro atoms. The van der Waals surface area contributed by atoms with Crippen LogP contribution in [0.3, 0.4) is 0 Å². The Morgan fingerprint density at radius 2 is 1.76 bits per heavy atom. The summed E-state index contributed by atoms with van der Waals surface area (Å²) in [4.78, 5) is 8.70. The molecule has 0 fully saturated rings. The molecule has 0 aliphatic heterocycles. The standard InChI is InChI=1S/C16H21N3OS/c1-11-8-12(2)19-16(18-11)21-10-15(20)14(17)9-13-6-4-3-5-7-13/h3-8,14-15,20H,9-10,17H2,1-2H3. The highest BCUT2D eigenvalue weighted by Crippen LogP contribution is 2.17. The predicted octanol–water partition coefficient (Wildman–Crippen LogP) is 2.12.